The lowest BCUT2D eigenvalue weighted by Crippen LogP contribution is -2.38. The molecule has 1 aromatic rings. The number of hydrogen-bond acceptors (Lipinski definition) is 2. The number of aliphatic imine (C=N–C) groups is 1. The normalized spacial score (nSPS) is 11.2. The van der Waals surface area contributed by atoms with Gasteiger partial charge in [0.1, 0.15) is 0 Å². The third kappa shape index (κ3) is 10.00. The quantitative estimate of drug-likeness (QED) is 0.280. The Bertz CT molecular complexity index is 395. The summed E-state index contributed by atoms with van der Waals surface area (Å²) in [6.45, 7) is 6.22. The second-order valence-electron chi connectivity index (χ2n) is 5.36. The summed E-state index contributed by atoms with van der Waals surface area (Å²) < 4.78 is 0. The molecule has 1 aromatic carbocycles. The fraction of sp³-hybridized carbons (Fsp3) is 0.588. The fourth-order valence-electron chi connectivity index (χ4n) is 2.13. The van der Waals surface area contributed by atoms with Gasteiger partial charge in [-0.15, -0.1) is 24.0 Å². The first-order chi connectivity index (χ1) is 10.3. The van der Waals surface area contributed by atoms with Crippen LogP contribution in [0.1, 0.15) is 31.7 Å². The van der Waals surface area contributed by atoms with Crippen LogP contribution in [0.25, 0.3) is 0 Å². The minimum Gasteiger partial charge on any atom is -0.356 e. The number of halogens is 1. The number of nitrogens with zero attached hydrogens (tertiary/aromatic N) is 2. The van der Waals surface area contributed by atoms with Crippen molar-refractivity contribution in [3.05, 3.63) is 35.9 Å². The van der Waals surface area contributed by atoms with E-state index in [1.165, 1.54) is 18.4 Å². The highest BCUT2D eigenvalue weighted by molar-refractivity contribution is 14.0. The second kappa shape index (κ2) is 13.8. The molecule has 0 atom stereocenters. The van der Waals surface area contributed by atoms with Crippen molar-refractivity contribution in [1.82, 2.24) is 15.5 Å². The summed E-state index contributed by atoms with van der Waals surface area (Å²) >= 11 is 0. The Morgan fingerprint density at radius 1 is 1.09 bits per heavy atom. The highest BCUT2D eigenvalue weighted by atomic mass is 127. The Labute approximate surface area is 152 Å². The van der Waals surface area contributed by atoms with Crippen LogP contribution in [0.2, 0.25) is 0 Å². The van der Waals surface area contributed by atoms with Gasteiger partial charge in [-0.2, -0.15) is 0 Å². The fourth-order valence-corrected chi connectivity index (χ4v) is 2.13. The van der Waals surface area contributed by atoms with E-state index in [-0.39, 0.29) is 24.0 Å². The van der Waals surface area contributed by atoms with E-state index in [2.05, 4.69) is 64.8 Å². The highest BCUT2D eigenvalue weighted by Crippen LogP contribution is 2.02. The Morgan fingerprint density at radius 3 is 2.32 bits per heavy atom. The molecule has 0 bridgehead atoms. The molecule has 0 saturated carbocycles. The van der Waals surface area contributed by atoms with Gasteiger partial charge in [-0.3, -0.25) is 4.99 Å². The van der Waals surface area contributed by atoms with Gasteiger partial charge in [0.05, 0.1) is 0 Å². The number of guanidine groups is 1. The van der Waals surface area contributed by atoms with Gasteiger partial charge in [-0.25, -0.2) is 0 Å². The smallest absolute Gasteiger partial charge is 0.190 e. The molecule has 0 aliphatic rings. The molecule has 0 fully saturated rings. The van der Waals surface area contributed by atoms with Crippen molar-refractivity contribution >= 4 is 29.9 Å². The van der Waals surface area contributed by atoms with Gasteiger partial charge in [0.15, 0.2) is 5.96 Å². The van der Waals surface area contributed by atoms with E-state index < -0.39 is 0 Å². The van der Waals surface area contributed by atoms with Gasteiger partial charge in [0, 0.05) is 26.7 Å². The molecule has 0 saturated heterocycles. The van der Waals surface area contributed by atoms with Crippen molar-refractivity contribution < 1.29 is 0 Å². The molecule has 0 radical (unpaired) electrons. The van der Waals surface area contributed by atoms with Crippen molar-refractivity contribution in [2.75, 3.05) is 33.7 Å². The Balaban J connectivity index is 0.00000441. The van der Waals surface area contributed by atoms with Crippen LogP contribution in [0.3, 0.4) is 0 Å². The number of hydrogen-bond donors (Lipinski definition) is 2. The molecule has 0 aliphatic heterocycles. The first kappa shape index (κ1) is 21.2. The van der Waals surface area contributed by atoms with Gasteiger partial charge in [0.2, 0.25) is 0 Å². The summed E-state index contributed by atoms with van der Waals surface area (Å²) in [4.78, 5) is 6.58. The van der Waals surface area contributed by atoms with Crippen LogP contribution < -0.4 is 10.6 Å². The van der Waals surface area contributed by atoms with Gasteiger partial charge in [-0.1, -0.05) is 43.7 Å². The van der Waals surface area contributed by atoms with Crippen molar-refractivity contribution in [2.45, 2.75) is 32.7 Å². The second-order valence-corrected chi connectivity index (χ2v) is 5.36. The molecule has 0 aromatic heterocycles. The molecule has 2 N–H and O–H groups in total. The highest BCUT2D eigenvalue weighted by Gasteiger charge is 2.00. The third-order valence-electron chi connectivity index (χ3n) is 3.35. The van der Waals surface area contributed by atoms with Crippen molar-refractivity contribution in [1.29, 1.82) is 0 Å². The average Bonchev–Trinajstić information content (AvgIpc) is 2.50. The van der Waals surface area contributed by atoms with Gasteiger partial charge < -0.3 is 15.5 Å². The molecule has 0 unspecified atom stereocenters. The van der Waals surface area contributed by atoms with E-state index in [4.69, 9.17) is 0 Å². The average molecular weight is 418 g/mol. The standard InChI is InChI=1S/C17H30N4.HI/c1-4-5-12-19-17(18-2)20-13-9-14-21(3)15-16-10-7-6-8-11-16;/h6-8,10-11H,4-5,9,12-15H2,1-3H3,(H2,18,19,20);1H. The molecular weight excluding hydrogens is 387 g/mol. The van der Waals surface area contributed by atoms with Gasteiger partial charge in [0.25, 0.3) is 0 Å². The molecule has 0 spiro atoms. The van der Waals surface area contributed by atoms with Crippen LogP contribution in [0.4, 0.5) is 0 Å². The molecule has 4 nitrogen and oxygen atoms in total. The van der Waals surface area contributed by atoms with Crippen molar-refractivity contribution in [3.8, 4) is 0 Å². The zero-order valence-corrected chi connectivity index (χ0v) is 16.5. The first-order valence-corrected chi connectivity index (χ1v) is 7.93. The summed E-state index contributed by atoms with van der Waals surface area (Å²) in [7, 11) is 3.99. The van der Waals surface area contributed by atoms with E-state index in [0.717, 1.165) is 38.6 Å². The molecule has 126 valence electrons. The topological polar surface area (TPSA) is 39.7 Å². The number of benzene rings is 1. The predicted molar refractivity (Wildman–Crippen MR) is 107 cm³/mol. The number of unbranched alkanes of at least 4 members (excludes halogenated alkanes) is 1. The zero-order valence-electron chi connectivity index (χ0n) is 14.1. The minimum atomic E-state index is 0. The van der Waals surface area contributed by atoms with E-state index in [1.807, 2.05) is 7.05 Å². The van der Waals surface area contributed by atoms with E-state index in [1.54, 1.807) is 0 Å². The van der Waals surface area contributed by atoms with Crippen molar-refractivity contribution in [3.63, 3.8) is 0 Å². The summed E-state index contributed by atoms with van der Waals surface area (Å²) in [5.74, 6) is 0.911. The molecular formula is C17H31IN4. The molecule has 5 heteroatoms. The van der Waals surface area contributed by atoms with E-state index in [9.17, 15) is 0 Å². The SMILES string of the molecule is CCCCNC(=NC)NCCCN(C)Cc1ccccc1.I. The molecule has 0 heterocycles. The van der Waals surface area contributed by atoms with Crippen LogP contribution in [-0.2, 0) is 6.54 Å². The monoisotopic (exact) mass is 418 g/mol. The predicted octanol–water partition coefficient (Wildman–Crippen LogP) is 3.09. The summed E-state index contributed by atoms with van der Waals surface area (Å²) in [5, 5.41) is 6.68. The Hall–Kier alpha value is -0.820. The number of nitrogens with one attached hydrogen (secondary N) is 2. The lowest BCUT2D eigenvalue weighted by Gasteiger charge is -2.17. The van der Waals surface area contributed by atoms with E-state index in [0.29, 0.717) is 0 Å². The van der Waals surface area contributed by atoms with Gasteiger partial charge in [-0.05, 0) is 32.0 Å². The van der Waals surface area contributed by atoms with Crippen LogP contribution in [0.15, 0.2) is 35.3 Å². The first-order valence-electron chi connectivity index (χ1n) is 7.93. The summed E-state index contributed by atoms with van der Waals surface area (Å²) in [5.41, 5.74) is 1.37. The third-order valence-corrected chi connectivity index (χ3v) is 3.35. The van der Waals surface area contributed by atoms with Crippen molar-refractivity contribution in [2.24, 2.45) is 4.99 Å². The zero-order chi connectivity index (χ0) is 15.3. The maximum absolute atomic E-state index is 4.23. The van der Waals surface area contributed by atoms with Crippen LogP contribution in [-0.4, -0.2) is 44.6 Å². The Morgan fingerprint density at radius 2 is 1.73 bits per heavy atom. The lowest BCUT2D eigenvalue weighted by molar-refractivity contribution is 0.322. The molecule has 0 aliphatic carbocycles. The molecule has 22 heavy (non-hydrogen) atoms. The maximum Gasteiger partial charge on any atom is 0.190 e. The minimum absolute atomic E-state index is 0. The largest absolute Gasteiger partial charge is 0.356 e. The van der Waals surface area contributed by atoms with Crippen LogP contribution >= 0.6 is 24.0 Å². The van der Waals surface area contributed by atoms with Gasteiger partial charge >= 0.3 is 0 Å². The molecule has 1 rings (SSSR count). The Kier molecular flexibility index (Phi) is 13.3. The van der Waals surface area contributed by atoms with Crippen LogP contribution in [0.5, 0.6) is 0 Å². The summed E-state index contributed by atoms with van der Waals surface area (Å²) in [6.07, 6.45) is 3.49. The molecule has 0 amide bonds. The van der Waals surface area contributed by atoms with Crippen LogP contribution in [0, 0.1) is 0 Å². The van der Waals surface area contributed by atoms with E-state index >= 15 is 0 Å². The lowest BCUT2D eigenvalue weighted by atomic mass is 10.2. The maximum atomic E-state index is 4.23. The summed E-state index contributed by atoms with van der Waals surface area (Å²) in [6, 6.07) is 10.6. The number of rotatable bonds is 9.